The Morgan fingerprint density at radius 3 is 2.08 bits per heavy atom. The maximum absolute atomic E-state index is 2.34. The van der Waals surface area contributed by atoms with Crippen molar-refractivity contribution in [1.29, 1.82) is 0 Å². The first-order valence-electron chi connectivity index (χ1n) is 8.65. The molecule has 0 saturated carbocycles. The molecule has 1 aromatic heterocycles. The molecular formula is C23H22S. The highest BCUT2D eigenvalue weighted by atomic mass is 32.1. The molecule has 0 amide bonds. The predicted molar refractivity (Wildman–Crippen MR) is 108 cm³/mol. The highest BCUT2D eigenvalue weighted by Crippen LogP contribution is 2.36. The first kappa shape index (κ1) is 15.4. The van der Waals surface area contributed by atoms with Crippen molar-refractivity contribution in [2.75, 3.05) is 0 Å². The van der Waals surface area contributed by atoms with Gasteiger partial charge in [-0.3, -0.25) is 0 Å². The topological polar surface area (TPSA) is 0 Å². The van der Waals surface area contributed by atoms with E-state index in [0.29, 0.717) is 11.8 Å². The molecule has 1 heteroatoms. The maximum Gasteiger partial charge on any atom is 0.0355 e. The highest BCUT2D eigenvalue weighted by molar-refractivity contribution is 7.25. The van der Waals surface area contributed by atoms with E-state index in [-0.39, 0.29) is 0 Å². The van der Waals surface area contributed by atoms with Crippen LogP contribution in [0.2, 0.25) is 0 Å². The number of benzene rings is 3. The van der Waals surface area contributed by atoms with Crippen LogP contribution in [-0.2, 0) is 0 Å². The predicted octanol–water partition coefficient (Wildman–Crippen LogP) is 7.48. The van der Waals surface area contributed by atoms with Crippen LogP contribution in [0.1, 0.15) is 32.3 Å². The van der Waals surface area contributed by atoms with Crippen LogP contribution in [0.25, 0.3) is 31.3 Å². The van der Waals surface area contributed by atoms with Crippen molar-refractivity contribution in [3.8, 4) is 11.1 Å². The lowest BCUT2D eigenvalue weighted by Crippen LogP contribution is -2.01. The van der Waals surface area contributed by atoms with Crippen LogP contribution < -0.4 is 0 Å². The Kier molecular flexibility index (Phi) is 3.90. The molecule has 0 N–H and O–H groups in total. The molecule has 0 saturated heterocycles. The molecule has 1 unspecified atom stereocenters. The normalized spacial score (nSPS) is 13.0. The van der Waals surface area contributed by atoms with E-state index in [0.717, 1.165) is 0 Å². The molecule has 1 heterocycles. The van der Waals surface area contributed by atoms with E-state index >= 15 is 0 Å². The van der Waals surface area contributed by atoms with Crippen molar-refractivity contribution in [1.82, 2.24) is 0 Å². The van der Waals surface area contributed by atoms with Crippen LogP contribution >= 0.6 is 11.3 Å². The first-order valence-corrected chi connectivity index (χ1v) is 9.47. The van der Waals surface area contributed by atoms with Gasteiger partial charge in [-0.15, -0.1) is 11.3 Å². The van der Waals surface area contributed by atoms with Crippen LogP contribution in [0.15, 0.2) is 66.7 Å². The van der Waals surface area contributed by atoms with E-state index < -0.39 is 0 Å². The molecule has 0 aliphatic rings. The Morgan fingerprint density at radius 1 is 0.667 bits per heavy atom. The van der Waals surface area contributed by atoms with E-state index in [4.69, 9.17) is 0 Å². The van der Waals surface area contributed by atoms with E-state index in [1.165, 1.54) is 36.9 Å². The van der Waals surface area contributed by atoms with Crippen molar-refractivity contribution in [2.45, 2.75) is 26.7 Å². The Bertz CT molecular complexity index is 990. The van der Waals surface area contributed by atoms with Gasteiger partial charge in [0.05, 0.1) is 0 Å². The van der Waals surface area contributed by atoms with Gasteiger partial charge in [0.2, 0.25) is 0 Å². The number of rotatable bonds is 3. The summed E-state index contributed by atoms with van der Waals surface area (Å²) < 4.78 is 2.73. The fourth-order valence-corrected chi connectivity index (χ4v) is 4.36. The molecule has 0 fully saturated rings. The molecule has 0 spiro atoms. The van der Waals surface area contributed by atoms with Crippen molar-refractivity contribution < 1.29 is 0 Å². The van der Waals surface area contributed by atoms with Gasteiger partial charge in [-0.25, -0.2) is 0 Å². The largest absolute Gasteiger partial charge is 0.135 e. The van der Waals surface area contributed by atoms with Crippen molar-refractivity contribution in [2.24, 2.45) is 5.92 Å². The fourth-order valence-electron chi connectivity index (χ4n) is 3.27. The maximum atomic E-state index is 2.34. The van der Waals surface area contributed by atoms with Crippen molar-refractivity contribution in [3.05, 3.63) is 72.3 Å². The summed E-state index contributed by atoms with van der Waals surface area (Å²) >= 11 is 1.88. The van der Waals surface area contributed by atoms with Crippen LogP contribution in [0.3, 0.4) is 0 Å². The number of thiophene rings is 1. The van der Waals surface area contributed by atoms with E-state index in [1.807, 2.05) is 11.3 Å². The van der Waals surface area contributed by atoms with Crippen molar-refractivity contribution >= 4 is 31.5 Å². The molecule has 0 aliphatic carbocycles. The quantitative estimate of drug-likeness (QED) is 0.365. The Morgan fingerprint density at radius 2 is 1.33 bits per heavy atom. The monoisotopic (exact) mass is 330 g/mol. The Hall–Kier alpha value is -2.12. The zero-order valence-corrected chi connectivity index (χ0v) is 15.2. The lowest BCUT2D eigenvalue weighted by Gasteiger charge is -2.16. The molecule has 0 aliphatic heterocycles. The number of hydrogen-bond acceptors (Lipinski definition) is 1. The SMILES string of the molecule is CC(C)C(C)c1ccc(-c2ccc3sc4ccccc4c3c2)cc1. The third-order valence-corrected chi connectivity index (χ3v) is 6.30. The second kappa shape index (κ2) is 6.07. The Labute approximate surface area is 147 Å². The average Bonchev–Trinajstić information content (AvgIpc) is 2.99. The van der Waals surface area contributed by atoms with Crippen LogP contribution in [0, 0.1) is 5.92 Å². The van der Waals surface area contributed by atoms with E-state index in [1.54, 1.807) is 0 Å². The summed E-state index contributed by atoms with van der Waals surface area (Å²) in [6.45, 7) is 6.88. The molecule has 4 aromatic rings. The molecular weight excluding hydrogens is 308 g/mol. The van der Waals surface area contributed by atoms with E-state index in [9.17, 15) is 0 Å². The van der Waals surface area contributed by atoms with Gasteiger partial charge < -0.3 is 0 Å². The van der Waals surface area contributed by atoms with Gasteiger partial charge >= 0.3 is 0 Å². The highest BCUT2D eigenvalue weighted by Gasteiger charge is 2.10. The molecule has 0 radical (unpaired) electrons. The van der Waals surface area contributed by atoms with Crippen LogP contribution in [-0.4, -0.2) is 0 Å². The fraction of sp³-hybridized carbons (Fsp3) is 0.217. The minimum Gasteiger partial charge on any atom is -0.135 e. The molecule has 1 atom stereocenters. The van der Waals surface area contributed by atoms with Gasteiger partial charge in [0.15, 0.2) is 0 Å². The molecule has 24 heavy (non-hydrogen) atoms. The van der Waals surface area contributed by atoms with Gasteiger partial charge in [-0.05, 0) is 46.7 Å². The van der Waals surface area contributed by atoms with E-state index in [2.05, 4.69) is 87.5 Å². The zero-order chi connectivity index (χ0) is 16.7. The summed E-state index contributed by atoms with van der Waals surface area (Å²) in [5, 5.41) is 2.73. The lowest BCUT2D eigenvalue weighted by atomic mass is 9.89. The van der Waals surface area contributed by atoms with Gasteiger partial charge in [0, 0.05) is 20.2 Å². The van der Waals surface area contributed by atoms with Gasteiger partial charge in [-0.2, -0.15) is 0 Å². The summed E-state index contributed by atoms with van der Waals surface area (Å²) in [5.74, 6) is 1.27. The summed E-state index contributed by atoms with van der Waals surface area (Å²) in [5.41, 5.74) is 4.03. The molecule has 120 valence electrons. The summed E-state index contributed by atoms with van der Waals surface area (Å²) in [6, 6.07) is 24.6. The van der Waals surface area contributed by atoms with Gasteiger partial charge in [0.1, 0.15) is 0 Å². The standard InChI is InChI=1S/C23H22S/c1-15(2)16(3)17-8-10-18(11-9-17)19-12-13-23-21(14-19)20-6-4-5-7-22(20)24-23/h4-16H,1-3H3. The number of fused-ring (bicyclic) bond motifs is 3. The Balaban J connectivity index is 1.77. The van der Waals surface area contributed by atoms with Gasteiger partial charge in [0.25, 0.3) is 0 Å². The van der Waals surface area contributed by atoms with Crippen LogP contribution in [0.5, 0.6) is 0 Å². The average molecular weight is 330 g/mol. The summed E-state index contributed by atoms with van der Waals surface area (Å²) in [7, 11) is 0. The third-order valence-electron chi connectivity index (χ3n) is 5.15. The second-order valence-electron chi connectivity index (χ2n) is 6.96. The van der Waals surface area contributed by atoms with Gasteiger partial charge in [-0.1, -0.05) is 69.3 Å². The number of hydrogen-bond donors (Lipinski definition) is 0. The second-order valence-corrected chi connectivity index (χ2v) is 8.05. The minimum atomic E-state index is 0.599. The van der Waals surface area contributed by atoms with Crippen LogP contribution in [0.4, 0.5) is 0 Å². The zero-order valence-electron chi connectivity index (χ0n) is 14.4. The lowest BCUT2D eigenvalue weighted by molar-refractivity contribution is 0.535. The summed E-state index contributed by atoms with van der Waals surface area (Å²) in [4.78, 5) is 0. The molecule has 0 bridgehead atoms. The minimum absolute atomic E-state index is 0.599. The third kappa shape index (κ3) is 2.63. The van der Waals surface area contributed by atoms with Crippen molar-refractivity contribution in [3.63, 3.8) is 0 Å². The molecule has 4 rings (SSSR count). The summed E-state index contributed by atoms with van der Waals surface area (Å²) in [6.07, 6.45) is 0. The smallest absolute Gasteiger partial charge is 0.0355 e. The first-order chi connectivity index (χ1) is 11.6. The molecule has 0 nitrogen and oxygen atoms in total. The molecule has 3 aromatic carbocycles.